The van der Waals surface area contributed by atoms with E-state index in [0.29, 0.717) is 5.92 Å². The van der Waals surface area contributed by atoms with Gasteiger partial charge in [0, 0.05) is 5.56 Å². The van der Waals surface area contributed by atoms with Gasteiger partial charge >= 0.3 is 0 Å². The van der Waals surface area contributed by atoms with Gasteiger partial charge in [-0.05, 0) is 30.7 Å². The van der Waals surface area contributed by atoms with Gasteiger partial charge in [0.05, 0.1) is 18.6 Å². The number of aliphatic hydroxyl groups excluding tert-OH is 1. The Morgan fingerprint density at radius 1 is 1.36 bits per heavy atom. The lowest BCUT2D eigenvalue weighted by atomic mass is 9.79. The third-order valence-electron chi connectivity index (χ3n) is 3.39. The van der Waals surface area contributed by atoms with Crippen LogP contribution in [0, 0.1) is 11.8 Å². The van der Waals surface area contributed by atoms with Crippen molar-refractivity contribution in [2.24, 2.45) is 11.8 Å². The molecule has 2 rings (SSSR count). The topological polar surface area (TPSA) is 33.4 Å². The van der Waals surface area contributed by atoms with Crippen molar-refractivity contribution in [3.63, 3.8) is 0 Å². The van der Waals surface area contributed by atoms with Crippen LogP contribution in [0.1, 0.15) is 44.3 Å². The molecule has 78 valence electrons. The van der Waals surface area contributed by atoms with E-state index in [0.717, 1.165) is 24.3 Å². The molecule has 0 bridgehead atoms. The van der Waals surface area contributed by atoms with Crippen molar-refractivity contribution in [1.29, 1.82) is 0 Å². The van der Waals surface area contributed by atoms with Gasteiger partial charge in [-0.15, -0.1) is 0 Å². The first-order valence-electron chi connectivity index (χ1n) is 5.47. The molecule has 1 N–H and O–H groups in total. The fourth-order valence-electron chi connectivity index (χ4n) is 2.32. The highest BCUT2D eigenvalue weighted by Gasteiger charge is 2.25. The lowest BCUT2D eigenvalue weighted by molar-refractivity contribution is 0.0751. The Balaban J connectivity index is 1.95. The summed E-state index contributed by atoms with van der Waals surface area (Å²) in [4.78, 5) is 0. The summed E-state index contributed by atoms with van der Waals surface area (Å²) in [5.74, 6) is 1.27. The van der Waals surface area contributed by atoms with Crippen LogP contribution >= 0.6 is 0 Å². The van der Waals surface area contributed by atoms with E-state index >= 15 is 0 Å². The normalized spacial score (nSPS) is 30.1. The third-order valence-corrected chi connectivity index (χ3v) is 3.39. The molecule has 0 spiro atoms. The minimum absolute atomic E-state index is 0.318. The highest BCUT2D eigenvalue weighted by Crippen LogP contribution is 2.36. The summed E-state index contributed by atoms with van der Waals surface area (Å²) in [7, 11) is 0. The predicted octanol–water partition coefficient (Wildman–Crippen LogP) is 3.14. The molecule has 1 aromatic heterocycles. The molecule has 0 aromatic carbocycles. The first-order chi connectivity index (χ1) is 6.77. The fraction of sp³-hybridized carbons (Fsp3) is 0.667. The van der Waals surface area contributed by atoms with Crippen LogP contribution in [0.25, 0.3) is 0 Å². The highest BCUT2D eigenvalue weighted by atomic mass is 16.3. The summed E-state index contributed by atoms with van der Waals surface area (Å²) in [6.45, 7) is 2.29. The minimum atomic E-state index is -0.318. The molecule has 0 amide bonds. The maximum Gasteiger partial charge on any atom is 0.0960 e. The van der Waals surface area contributed by atoms with Gasteiger partial charge < -0.3 is 9.52 Å². The van der Waals surface area contributed by atoms with E-state index in [1.165, 1.54) is 12.8 Å². The van der Waals surface area contributed by atoms with Crippen molar-refractivity contribution in [3.05, 3.63) is 24.2 Å². The third kappa shape index (κ3) is 2.01. The van der Waals surface area contributed by atoms with Gasteiger partial charge in [-0.1, -0.05) is 19.8 Å². The number of hydrogen-bond acceptors (Lipinski definition) is 2. The van der Waals surface area contributed by atoms with Gasteiger partial charge in [-0.25, -0.2) is 0 Å². The van der Waals surface area contributed by atoms with Crippen molar-refractivity contribution in [3.8, 4) is 0 Å². The van der Waals surface area contributed by atoms with E-state index in [2.05, 4.69) is 6.92 Å². The molecule has 0 radical (unpaired) electrons. The second kappa shape index (κ2) is 4.18. The van der Waals surface area contributed by atoms with Gasteiger partial charge in [0.2, 0.25) is 0 Å². The Kier molecular flexibility index (Phi) is 2.92. The zero-order chi connectivity index (χ0) is 9.97. The van der Waals surface area contributed by atoms with Gasteiger partial charge in [0.1, 0.15) is 0 Å². The van der Waals surface area contributed by atoms with Crippen molar-refractivity contribution in [1.82, 2.24) is 0 Å². The second-order valence-corrected chi connectivity index (χ2v) is 4.52. The summed E-state index contributed by atoms with van der Waals surface area (Å²) in [5, 5.41) is 10.1. The van der Waals surface area contributed by atoms with Crippen LogP contribution in [0.4, 0.5) is 0 Å². The Bertz CT molecular complexity index is 258. The smallest absolute Gasteiger partial charge is 0.0960 e. The zero-order valence-electron chi connectivity index (χ0n) is 8.65. The molecule has 2 heteroatoms. The van der Waals surface area contributed by atoms with Crippen molar-refractivity contribution >= 4 is 0 Å². The number of aliphatic hydroxyl groups is 1. The maximum absolute atomic E-state index is 10.1. The molecule has 1 aliphatic carbocycles. The Morgan fingerprint density at radius 2 is 2.07 bits per heavy atom. The van der Waals surface area contributed by atoms with Crippen LogP contribution in [-0.2, 0) is 0 Å². The van der Waals surface area contributed by atoms with E-state index < -0.39 is 0 Å². The van der Waals surface area contributed by atoms with Gasteiger partial charge in [0.15, 0.2) is 0 Å². The zero-order valence-corrected chi connectivity index (χ0v) is 8.65. The van der Waals surface area contributed by atoms with Crippen LogP contribution in [0.2, 0.25) is 0 Å². The van der Waals surface area contributed by atoms with Crippen LogP contribution in [0.3, 0.4) is 0 Å². The molecule has 1 unspecified atom stereocenters. The molecular formula is C12H18O2. The molecule has 1 aliphatic rings. The molecule has 1 aromatic rings. The standard InChI is InChI=1S/C12H18O2/c1-9-2-4-10(5-3-9)12(13)11-6-7-14-8-11/h6-10,12-13H,2-5H2,1H3. The minimum Gasteiger partial charge on any atom is -0.472 e. The van der Waals surface area contributed by atoms with E-state index in [-0.39, 0.29) is 6.10 Å². The molecule has 0 saturated heterocycles. The fourth-order valence-corrected chi connectivity index (χ4v) is 2.32. The Morgan fingerprint density at radius 3 is 2.64 bits per heavy atom. The summed E-state index contributed by atoms with van der Waals surface area (Å²) in [5.41, 5.74) is 0.935. The second-order valence-electron chi connectivity index (χ2n) is 4.52. The van der Waals surface area contributed by atoms with Gasteiger partial charge in [-0.2, -0.15) is 0 Å². The van der Waals surface area contributed by atoms with E-state index in [4.69, 9.17) is 4.42 Å². The van der Waals surface area contributed by atoms with Gasteiger partial charge in [0.25, 0.3) is 0 Å². The maximum atomic E-state index is 10.1. The average Bonchev–Trinajstić information content (AvgIpc) is 2.71. The van der Waals surface area contributed by atoms with Crippen molar-refractivity contribution < 1.29 is 9.52 Å². The SMILES string of the molecule is CC1CCC(C(O)c2ccoc2)CC1. The summed E-state index contributed by atoms with van der Waals surface area (Å²) < 4.78 is 4.99. The number of hydrogen-bond donors (Lipinski definition) is 1. The van der Waals surface area contributed by atoms with E-state index in [1.54, 1.807) is 12.5 Å². The molecule has 1 atom stereocenters. The lowest BCUT2D eigenvalue weighted by Crippen LogP contribution is -2.18. The molecule has 2 nitrogen and oxygen atoms in total. The van der Waals surface area contributed by atoms with E-state index in [1.807, 2.05) is 6.07 Å². The molecule has 0 aliphatic heterocycles. The monoisotopic (exact) mass is 194 g/mol. The van der Waals surface area contributed by atoms with Crippen molar-refractivity contribution in [2.75, 3.05) is 0 Å². The van der Waals surface area contributed by atoms with Crippen LogP contribution in [0.5, 0.6) is 0 Å². The summed E-state index contributed by atoms with van der Waals surface area (Å²) >= 11 is 0. The summed E-state index contributed by atoms with van der Waals surface area (Å²) in [6, 6.07) is 1.86. The molecule has 14 heavy (non-hydrogen) atoms. The first kappa shape index (κ1) is 9.78. The molecular weight excluding hydrogens is 176 g/mol. The largest absolute Gasteiger partial charge is 0.472 e. The lowest BCUT2D eigenvalue weighted by Gasteiger charge is -2.29. The Hall–Kier alpha value is -0.760. The Labute approximate surface area is 84.9 Å². The average molecular weight is 194 g/mol. The van der Waals surface area contributed by atoms with Crippen LogP contribution < -0.4 is 0 Å². The highest BCUT2D eigenvalue weighted by molar-refractivity contribution is 5.10. The summed E-state index contributed by atoms with van der Waals surface area (Å²) in [6.07, 6.45) is 7.76. The van der Waals surface area contributed by atoms with Crippen LogP contribution in [-0.4, -0.2) is 5.11 Å². The van der Waals surface area contributed by atoms with E-state index in [9.17, 15) is 5.11 Å². The number of rotatable bonds is 2. The van der Waals surface area contributed by atoms with Crippen molar-refractivity contribution in [2.45, 2.75) is 38.7 Å². The number of furan rings is 1. The predicted molar refractivity (Wildman–Crippen MR) is 54.8 cm³/mol. The molecule has 1 fully saturated rings. The molecule has 1 heterocycles. The van der Waals surface area contributed by atoms with Crippen LogP contribution in [0.15, 0.2) is 23.0 Å². The molecule has 1 saturated carbocycles. The first-order valence-corrected chi connectivity index (χ1v) is 5.47. The quantitative estimate of drug-likeness (QED) is 0.784. The van der Waals surface area contributed by atoms with Gasteiger partial charge in [-0.3, -0.25) is 0 Å².